The van der Waals surface area contributed by atoms with Gasteiger partial charge in [-0.3, -0.25) is 9.59 Å². The standard InChI is InChI=1S/C18H19NO2S/c1-11-10-17(19-13(3)20)12(2)9-16(11)18(21)14-5-7-15(22-4)8-6-14/h5-10H,1-4H3,(H,19,20). The van der Waals surface area contributed by atoms with Gasteiger partial charge in [0.25, 0.3) is 0 Å². The van der Waals surface area contributed by atoms with Crippen molar-refractivity contribution in [2.24, 2.45) is 0 Å². The van der Waals surface area contributed by atoms with Crippen molar-refractivity contribution in [3.8, 4) is 0 Å². The lowest BCUT2D eigenvalue weighted by atomic mass is 9.96. The summed E-state index contributed by atoms with van der Waals surface area (Å²) in [4.78, 5) is 25.0. The second-order valence-electron chi connectivity index (χ2n) is 5.22. The number of benzene rings is 2. The highest BCUT2D eigenvalue weighted by atomic mass is 32.2. The van der Waals surface area contributed by atoms with Gasteiger partial charge in [-0.1, -0.05) is 0 Å². The fourth-order valence-corrected chi connectivity index (χ4v) is 2.69. The van der Waals surface area contributed by atoms with Crippen LogP contribution < -0.4 is 5.32 Å². The minimum absolute atomic E-state index is 0.00243. The molecule has 1 amide bonds. The molecule has 0 aliphatic carbocycles. The van der Waals surface area contributed by atoms with E-state index in [1.807, 2.05) is 56.5 Å². The monoisotopic (exact) mass is 313 g/mol. The maximum atomic E-state index is 12.7. The van der Waals surface area contributed by atoms with Crippen LogP contribution in [-0.2, 0) is 4.79 Å². The average molecular weight is 313 g/mol. The zero-order chi connectivity index (χ0) is 16.3. The van der Waals surface area contributed by atoms with Crippen LogP contribution in [0.3, 0.4) is 0 Å². The molecule has 22 heavy (non-hydrogen) atoms. The fourth-order valence-electron chi connectivity index (χ4n) is 2.28. The highest BCUT2D eigenvalue weighted by molar-refractivity contribution is 7.98. The molecule has 2 rings (SSSR count). The molecule has 1 N–H and O–H groups in total. The summed E-state index contributed by atoms with van der Waals surface area (Å²) >= 11 is 1.65. The summed E-state index contributed by atoms with van der Waals surface area (Å²) < 4.78 is 0. The SMILES string of the molecule is CSc1ccc(C(=O)c2cc(C)c(NC(C)=O)cc2C)cc1. The highest BCUT2D eigenvalue weighted by Crippen LogP contribution is 2.24. The molecule has 0 unspecified atom stereocenters. The van der Waals surface area contributed by atoms with E-state index in [0.29, 0.717) is 11.1 Å². The van der Waals surface area contributed by atoms with Gasteiger partial charge < -0.3 is 5.32 Å². The van der Waals surface area contributed by atoms with Gasteiger partial charge in [-0.2, -0.15) is 0 Å². The normalized spacial score (nSPS) is 10.4. The van der Waals surface area contributed by atoms with Crippen LogP contribution in [0.1, 0.15) is 34.0 Å². The summed E-state index contributed by atoms with van der Waals surface area (Å²) in [5.74, 6) is -0.114. The number of carbonyl (C=O) groups is 2. The first-order valence-electron chi connectivity index (χ1n) is 7.00. The van der Waals surface area contributed by atoms with E-state index in [-0.39, 0.29) is 11.7 Å². The quantitative estimate of drug-likeness (QED) is 0.679. The van der Waals surface area contributed by atoms with Crippen molar-refractivity contribution in [2.75, 3.05) is 11.6 Å². The van der Waals surface area contributed by atoms with Crippen LogP contribution in [0.4, 0.5) is 5.69 Å². The van der Waals surface area contributed by atoms with Gasteiger partial charge in [-0.15, -0.1) is 11.8 Å². The first-order chi connectivity index (χ1) is 10.4. The van der Waals surface area contributed by atoms with E-state index in [9.17, 15) is 9.59 Å². The largest absolute Gasteiger partial charge is 0.326 e. The molecule has 0 saturated heterocycles. The Balaban J connectivity index is 2.36. The first-order valence-corrected chi connectivity index (χ1v) is 8.22. The summed E-state index contributed by atoms with van der Waals surface area (Å²) in [6.07, 6.45) is 2.01. The number of ketones is 1. The van der Waals surface area contributed by atoms with Gasteiger partial charge in [0.2, 0.25) is 5.91 Å². The average Bonchev–Trinajstić information content (AvgIpc) is 2.49. The van der Waals surface area contributed by atoms with Crippen LogP contribution in [0.25, 0.3) is 0 Å². The van der Waals surface area contributed by atoms with Crippen molar-refractivity contribution in [1.82, 2.24) is 0 Å². The molecule has 0 atom stereocenters. The third-order valence-electron chi connectivity index (χ3n) is 3.48. The second kappa shape index (κ2) is 6.79. The summed E-state index contributed by atoms with van der Waals surface area (Å²) in [5.41, 5.74) is 3.83. The highest BCUT2D eigenvalue weighted by Gasteiger charge is 2.14. The van der Waals surface area contributed by atoms with Crippen LogP contribution in [0.2, 0.25) is 0 Å². The predicted octanol–water partition coefficient (Wildman–Crippen LogP) is 4.21. The lowest BCUT2D eigenvalue weighted by Crippen LogP contribution is -2.10. The molecule has 0 spiro atoms. The molecule has 0 aromatic heterocycles. The minimum Gasteiger partial charge on any atom is -0.326 e. The van der Waals surface area contributed by atoms with E-state index in [4.69, 9.17) is 0 Å². The summed E-state index contributed by atoms with van der Waals surface area (Å²) in [7, 11) is 0. The smallest absolute Gasteiger partial charge is 0.221 e. The van der Waals surface area contributed by atoms with Gasteiger partial charge in [0, 0.05) is 28.6 Å². The van der Waals surface area contributed by atoms with E-state index in [2.05, 4.69) is 5.32 Å². The van der Waals surface area contributed by atoms with Gasteiger partial charge in [-0.25, -0.2) is 0 Å². The molecule has 4 heteroatoms. The predicted molar refractivity (Wildman–Crippen MR) is 91.9 cm³/mol. The van der Waals surface area contributed by atoms with E-state index >= 15 is 0 Å². The minimum atomic E-state index is -0.116. The van der Waals surface area contributed by atoms with Crippen molar-refractivity contribution in [1.29, 1.82) is 0 Å². The molecule has 0 heterocycles. The van der Waals surface area contributed by atoms with Crippen LogP contribution in [0.5, 0.6) is 0 Å². The molecule has 0 saturated carbocycles. The molecular formula is C18H19NO2S. The molecule has 0 radical (unpaired) electrons. The Morgan fingerprint density at radius 3 is 2.18 bits per heavy atom. The third-order valence-corrected chi connectivity index (χ3v) is 4.22. The van der Waals surface area contributed by atoms with E-state index in [1.165, 1.54) is 6.92 Å². The Hall–Kier alpha value is -2.07. The number of aryl methyl sites for hydroxylation is 2. The third kappa shape index (κ3) is 3.57. The lowest BCUT2D eigenvalue weighted by molar-refractivity contribution is -0.114. The molecule has 114 valence electrons. The number of anilines is 1. The fraction of sp³-hybridized carbons (Fsp3) is 0.222. The molecule has 2 aromatic carbocycles. The summed E-state index contributed by atoms with van der Waals surface area (Å²) in [5, 5.41) is 2.78. The Morgan fingerprint density at radius 2 is 1.64 bits per heavy atom. The Labute approximate surface area is 135 Å². The van der Waals surface area contributed by atoms with Gasteiger partial charge in [0.05, 0.1) is 0 Å². The van der Waals surface area contributed by atoms with E-state index < -0.39 is 0 Å². The zero-order valence-corrected chi connectivity index (χ0v) is 14.0. The topological polar surface area (TPSA) is 46.2 Å². The Bertz CT molecular complexity index is 721. The van der Waals surface area contributed by atoms with Crippen molar-refractivity contribution in [3.63, 3.8) is 0 Å². The Kier molecular flexibility index (Phi) is 5.03. The molecule has 0 bridgehead atoms. The number of nitrogens with one attached hydrogen (secondary N) is 1. The number of rotatable bonds is 4. The van der Waals surface area contributed by atoms with Crippen molar-refractivity contribution in [3.05, 3.63) is 58.7 Å². The molecule has 0 aliphatic rings. The van der Waals surface area contributed by atoms with Crippen LogP contribution >= 0.6 is 11.8 Å². The van der Waals surface area contributed by atoms with Gasteiger partial charge in [0.1, 0.15) is 0 Å². The molecule has 3 nitrogen and oxygen atoms in total. The van der Waals surface area contributed by atoms with Crippen molar-refractivity contribution in [2.45, 2.75) is 25.7 Å². The van der Waals surface area contributed by atoms with E-state index in [1.54, 1.807) is 11.8 Å². The Morgan fingerprint density at radius 1 is 1.00 bits per heavy atom. The maximum absolute atomic E-state index is 12.7. The van der Waals surface area contributed by atoms with Gasteiger partial charge in [0.15, 0.2) is 5.78 Å². The molecule has 0 fully saturated rings. The lowest BCUT2D eigenvalue weighted by Gasteiger charge is -2.12. The van der Waals surface area contributed by atoms with Crippen molar-refractivity contribution >= 4 is 29.1 Å². The van der Waals surface area contributed by atoms with Crippen LogP contribution in [0, 0.1) is 13.8 Å². The summed E-state index contributed by atoms with van der Waals surface area (Å²) in [6, 6.07) is 11.3. The number of hydrogen-bond donors (Lipinski definition) is 1. The number of amides is 1. The van der Waals surface area contributed by atoms with Crippen molar-refractivity contribution < 1.29 is 9.59 Å². The first kappa shape index (κ1) is 16.3. The second-order valence-corrected chi connectivity index (χ2v) is 6.10. The number of carbonyl (C=O) groups excluding carboxylic acids is 2. The number of hydrogen-bond acceptors (Lipinski definition) is 3. The van der Waals surface area contributed by atoms with Crippen LogP contribution in [0.15, 0.2) is 41.3 Å². The van der Waals surface area contributed by atoms with Gasteiger partial charge in [-0.05, 0) is 67.6 Å². The van der Waals surface area contributed by atoms with Gasteiger partial charge >= 0.3 is 0 Å². The summed E-state index contributed by atoms with van der Waals surface area (Å²) in [6.45, 7) is 5.24. The molecule has 0 aliphatic heterocycles. The van der Waals surface area contributed by atoms with Crippen LogP contribution in [-0.4, -0.2) is 17.9 Å². The van der Waals surface area contributed by atoms with E-state index in [0.717, 1.165) is 21.7 Å². The zero-order valence-electron chi connectivity index (χ0n) is 13.2. The number of thioether (sulfide) groups is 1. The molecular weight excluding hydrogens is 294 g/mol. The maximum Gasteiger partial charge on any atom is 0.221 e. The molecule has 2 aromatic rings.